The molecular weight excluding hydrogens is 408 g/mol. The summed E-state index contributed by atoms with van der Waals surface area (Å²) in [6, 6.07) is 14.5. The van der Waals surface area contributed by atoms with E-state index < -0.39 is 0 Å². The molecule has 0 atom stereocenters. The van der Waals surface area contributed by atoms with Crippen molar-refractivity contribution in [1.29, 1.82) is 0 Å². The first-order valence-corrected chi connectivity index (χ1v) is 10.8. The summed E-state index contributed by atoms with van der Waals surface area (Å²) in [5.74, 6) is 2.99. The Morgan fingerprint density at radius 3 is 2.65 bits per heavy atom. The molecule has 0 unspecified atom stereocenters. The molecule has 7 nitrogen and oxygen atoms in total. The van der Waals surface area contributed by atoms with Crippen LogP contribution in [0.25, 0.3) is 16.9 Å². The van der Waals surface area contributed by atoms with Crippen LogP contribution in [0.15, 0.2) is 60.2 Å². The van der Waals surface area contributed by atoms with Gasteiger partial charge in [0.25, 0.3) is 0 Å². The van der Waals surface area contributed by atoms with Gasteiger partial charge in [0.15, 0.2) is 5.01 Å². The molecule has 2 amide bonds. The van der Waals surface area contributed by atoms with E-state index in [0.29, 0.717) is 23.9 Å². The second-order valence-corrected chi connectivity index (χ2v) is 8.06. The summed E-state index contributed by atoms with van der Waals surface area (Å²) < 4.78 is 2.08. The van der Waals surface area contributed by atoms with Crippen molar-refractivity contribution < 1.29 is 4.79 Å². The Bertz CT molecular complexity index is 1260. The Morgan fingerprint density at radius 1 is 1.10 bits per heavy atom. The van der Waals surface area contributed by atoms with Gasteiger partial charge in [-0.3, -0.25) is 9.72 Å². The summed E-state index contributed by atoms with van der Waals surface area (Å²) in [6.07, 6.45) is 9.12. The fraction of sp³-hybridized carbons (Fsp3) is 0.174. The lowest BCUT2D eigenvalue weighted by molar-refractivity contribution is 0.208. The predicted octanol–water partition coefficient (Wildman–Crippen LogP) is 3.79. The fourth-order valence-electron chi connectivity index (χ4n) is 3.78. The van der Waals surface area contributed by atoms with Crippen molar-refractivity contribution in [3.05, 3.63) is 65.2 Å². The van der Waals surface area contributed by atoms with Crippen molar-refractivity contribution in [3.8, 4) is 23.6 Å². The molecule has 1 fully saturated rings. The van der Waals surface area contributed by atoms with Gasteiger partial charge in [-0.1, -0.05) is 18.2 Å². The molecule has 4 heterocycles. The smallest absolute Gasteiger partial charge is 0.323 e. The van der Waals surface area contributed by atoms with Crippen molar-refractivity contribution in [2.45, 2.75) is 0 Å². The van der Waals surface area contributed by atoms with E-state index in [0.717, 1.165) is 35.7 Å². The van der Waals surface area contributed by atoms with Crippen LogP contribution >= 0.6 is 11.3 Å². The van der Waals surface area contributed by atoms with Crippen molar-refractivity contribution in [2.75, 3.05) is 36.4 Å². The largest absolute Gasteiger partial charge is 0.368 e. The molecule has 1 saturated heterocycles. The number of aromatic nitrogens is 3. The lowest BCUT2D eigenvalue weighted by Crippen LogP contribution is -2.50. The van der Waals surface area contributed by atoms with Crippen LogP contribution in [0.1, 0.15) is 5.01 Å². The van der Waals surface area contributed by atoms with Crippen molar-refractivity contribution >= 4 is 34.5 Å². The monoisotopic (exact) mass is 428 g/mol. The maximum absolute atomic E-state index is 12.5. The van der Waals surface area contributed by atoms with Gasteiger partial charge in [-0.15, -0.1) is 17.8 Å². The van der Waals surface area contributed by atoms with Crippen LogP contribution in [0.3, 0.4) is 0 Å². The van der Waals surface area contributed by atoms with Gasteiger partial charge in [0.05, 0.1) is 5.69 Å². The van der Waals surface area contributed by atoms with Gasteiger partial charge in [0, 0.05) is 49.6 Å². The third kappa shape index (κ3) is 3.83. The van der Waals surface area contributed by atoms with Gasteiger partial charge in [-0.2, -0.15) is 0 Å². The molecular formula is C23H20N6OS. The van der Waals surface area contributed by atoms with E-state index in [1.54, 1.807) is 10.3 Å². The first-order valence-electron chi connectivity index (χ1n) is 9.97. The van der Waals surface area contributed by atoms with Crippen LogP contribution in [-0.2, 0) is 0 Å². The number of rotatable bonds is 3. The van der Waals surface area contributed by atoms with Crippen LogP contribution < -0.4 is 10.2 Å². The predicted molar refractivity (Wildman–Crippen MR) is 123 cm³/mol. The number of nitrogens with one attached hydrogen (secondary N) is 1. The number of carbonyl (C=O) groups excluding carboxylic acids is 1. The molecule has 1 aromatic carbocycles. The lowest BCUT2D eigenvalue weighted by atomic mass is 10.1. The Morgan fingerprint density at radius 2 is 1.90 bits per heavy atom. The first-order chi connectivity index (χ1) is 15.2. The number of hydrogen-bond acceptors (Lipinski definition) is 5. The summed E-state index contributed by atoms with van der Waals surface area (Å²) in [5, 5.41) is 5.15. The number of amides is 2. The highest BCUT2D eigenvalue weighted by Crippen LogP contribution is 2.25. The molecule has 3 aromatic heterocycles. The molecule has 8 heteroatoms. The molecule has 5 rings (SSSR count). The van der Waals surface area contributed by atoms with Crippen LogP contribution in [0.2, 0.25) is 0 Å². The summed E-state index contributed by atoms with van der Waals surface area (Å²) >= 11 is 1.34. The highest BCUT2D eigenvalue weighted by atomic mass is 32.1. The van der Waals surface area contributed by atoms with Gasteiger partial charge >= 0.3 is 6.03 Å². The van der Waals surface area contributed by atoms with Gasteiger partial charge < -0.3 is 9.80 Å². The van der Waals surface area contributed by atoms with Gasteiger partial charge in [-0.05, 0) is 35.7 Å². The Balaban J connectivity index is 1.22. The lowest BCUT2D eigenvalue weighted by Gasteiger charge is -2.36. The van der Waals surface area contributed by atoms with E-state index in [9.17, 15) is 4.79 Å². The van der Waals surface area contributed by atoms with Crippen molar-refractivity contribution in [3.63, 3.8) is 0 Å². The maximum atomic E-state index is 12.5. The number of hydrogen-bond donors (Lipinski definition) is 1. The standard InChI is InChI=1S/C23H20N6OS/c1-2-22-25-20(16-31-22)26-23(30)28-14-12-27(13-15-28)18-8-6-17(7-9-18)19-4-3-5-21-24-10-11-29(19)21/h1,3-11,16H,12-15H2,(H,26,30). The highest BCUT2D eigenvalue weighted by molar-refractivity contribution is 7.10. The van der Waals surface area contributed by atoms with Crippen LogP contribution in [0, 0.1) is 12.3 Å². The normalized spacial score (nSPS) is 13.9. The minimum atomic E-state index is -0.141. The number of benzene rings is 1. The van der Waals surface area contributed by atoms with E-state index >= 15 is 0 Å². The van der Waals surface area contributed by atoms with E-state index in [1.165, 1.54) is 11.3 Å². The third-order valence-electron chi connectivity index (χ3n) is 5.39. The second kappa shape index (κ2) is 8.13. The number of thiazole rings is 1. The molecule has 0 spiro atoms. The molecule has 154 valence electrons. The Labute approximate surface area is 184 Å². The number of terminal acetylenes is 1. The molecule has 0 bridgehead atoms. The van der Waals surface area contributed by atoms with Crippen molar-refractivity contribution in [2.24, 2.45) is 0 Å². The Hall–Kier alpha value is -3.83. The zero-order valence-corrected chi connectivity index (χ0v) is 17.5. The maximum Gasteiger partial charge on any atom is 0.323 e. The summed E-state index contributed by atoms with van der Waals surface area (Å²) in [5.41, 5.74) is 4.34. The number of carbonyl (C=O) groups is 1. The van der Waals surface area contributed by atoms with E-state index in [4.69, 9.17) is 6.42 Å². The topological polar surface area (TPSA) is 65.8 Å². The zero-order valence-electron chi connectivity index (χ0n) is 16.7. The number of anilines is 2. The molecule has 0 aliphatic carbocycles. The molecule has 4 aromatic rings. The second-order valence-electron chi connectivity index (χ2n) is 7.20. The molecule has 1 aliphatic heterocycles. The highest BCUT2D eigenvalue weighted by Gasteiger charge is 2.22. The number of imidazole rings is 1. The number of urea groups is 1. The number of fused-ring (bicyclic) bond motifs is 1. The average Bonchev–Trinajstić information content (AvgIpc) is 3.48. The molecule has 0 saturated carbocycles. The summed E-state index contributed by atoms with van der Waals surface area (Å²) in [6.45, 7) is 2.84. The first kappa shape index (κ1) is 19.2. The molecule has 1 aliphatic rings. The molecule has 0 radical (unpaired) electrons. The minimum Gasteiger partial charge on any atom is -0.368 e. The van der Waals surface area contributed by atoms with Crippen molar-refractivity contribution in [1.82, 2.24) is 19.3 Å². The fourth-order valence-corrected chi connectivity index (χ4v) is 4.33. The van der Waals surface area contributed by atoms with Crippen LogP contribution in [-0.4, -0.2) is 51.5 Å². The van der Waals surface area contributed by atoms with E-state index in [1.807, 2.05) is 24.5 Å². The molecule has 31 heavy (non-hydrogen) atoms. The van der Waals surface area contributed by atoms with E-state index in [2.05, 4.69) is 60.8 Å². The SMILES string of the molecule is C#Cc1nc(NC(=O)N2CCN(c3ccc(-c4cccc5nccn45)cc3)CC2)cs1. The zero-order chi connectivity index (χ0) is 21.2. The average molecular weight is 429 g/mol. The van der Waals surface area contributed by atoms with Gasteiger partial charge in [-0.25, -0.2) is 14.8 Å². The minimum absolute atomic E-state index is 0.141. The quantitative estimate of drug-likeness (QED) is 0.504. The third-order valence-corrected chi connectivity index (χ3v) is 6.16. The van der Waals surface area contributed by atoms with Gasteiger partial charge in [0.2, 0.25) is 0 Å². The number of piperazine rings is 1. The van der Waals surface area contributed by atoms with E-state index in [-0.39, 0.29) is 6.03 Å². The molecule has 1 N–H and O–H groups in total. The summed E-state index contributed by atoms with van der Waals surface area (Å²) in [7, 11) is 0. The van der Waals surface area contributed by atoms with Crippen LogP contribution in [0.5, 0.6) is 0 Å². The Kier molecular flexibility index (Phi) is 5.02. The summed E-state index contributed by atoms with van der Waals surface area (Å²) in [4.78, 5) is 25.1. The number of pyridine rings is 1. The van der Waals surface area contributed by atoms with Gasteiger partial charge in [0.1, 0.15) is 11.5 Å². The van der Waals surface area contributed by atoms with Crippen LogP contribution in [0.4, 0.5) is 16.3 Å². The number of nitrogens with zero attached hydrogens (tertiary/aromatic N) is 5.